The van der Waals surface area contributed by atoms with Gasteiger partial charge in [0.25, 0.3) is 5.91 Å². The lowest BCUT2D eigenvalue weighted by molar-refractivity contribution is -0.121. The predicted octanol–water partition coefficient (Wildman–Crippen LogP) is 4.38. The largest absolute Gasteiger partial charge is 0.497 e. The van der Waals surface area contributed by atoms with Crippen molar-refractivity contribution in [3.63, 3.8) is 0 Å². The molecule has 1 N–H and O–H groups in total. The molecule has 34 heavy (non-hydrogen) atoms. The van der Waals surface area contributed by atoms with Crippen molar-refractivity contribution in [2.75, 3.05) is 37.1 Å². The van der Waals surface area contributed by atoms with Crippen LogP contribution in [-0.4, -0.2) is 38.7 Å². The number of benzene rings is 3. The molecule has 176 valence electrons. The van der Waals surface area contributed by atoms with E-state index in [2.05, 4.69) is 5.32 Å². The van der Waals surface area contributed by atoms with Crippen LogP contribution in [0, 0.1) is 6.92 Å². The van der Waals surface area contributed by atoms with E-state index in [1.54, 1.807) is 30.2 Å². The normalized spacial score (nSPS) is 12.5. The van der Waals surface area contributed by atoms with Crippen molar-refractivity contribution in [1.29, 1.82) is 0 Å². The molecule has 0 saturated heterocycles. The minimum Gasteiger partial charge on any atom is -0.497 e. The molecule has 1 aliphatic heterocycles. The molecule has 0 spiro atoms. The van der Waals surface area contributed by atoms with Gasteiger partial charge in [-0.1, -0.05) is 29.8 Å². The number of hydrogen-bond acceptors (Lipinski definition) is 5. The summed E-state index contributed by atoms with van der Waals surface area (Å²) in [6.45, 7) is 3.00. The average molecular weight is 461 g/mol. The van der Waals surface area contributed by atoms with Crippen LogP contribution < -0.4 is 24.4 Å². The quantitative estimate of drug-likeness (QED) is 0.480. The van der Waals surface area contributed by atoms with Crippen LogP contribution >= 0.6 is 0 Å². The maximum Gasteiger partial charge on any atom is 0.265 e. The second-order valence-electron chi connectivity index (χ2n) is 8.10. The molecular formula is C27H28N2O5. The first-order chi connectivity index (χ1) is 16.5. The number of carbonyl (C=O) groups excluding carboxylic acids is 2. The van der Waals surface area contributed by atoms with Gasteiger partial charge in [-0.05, 0) is 61.4 Å². The van der Waals surface area contributed by atoms with Crippen LogP contribution in [0.1, 0.15) is 17.5 Å². The average Bonchev–Trinajstić information content (AvgIpc) is 2.84. The Kier molecular flexibility index (Phi) is 7.32. The molecule has 0 unspecified atom stereocenters. The second kappa shape index (κ2) is 10.7. The summed E-state index contributed by atoms with van der Waals surface area (Å²) >= 11 is 0. The SMILES string of the molecule is COc1ccc(CC(=O)Nc2ccc3c(c2)N(CCCOc2ccc(C)cc2)C(=O)CO3)cc1. The molecule has 0 bridgehead atoms. The molecule has 0 saturated carbocycles. The van der Waals surface area contributed by atoms with Crippen LogP contribution in [-0.2, 0) is 16.0 Å². The lowest BCUT2D eigenvalue weighted by atomic mass is 10.1. The van der Waals surface area contributed by atoms with Crippen molar-refractivity contribution in [3.8, 4) is 17.2 Å². The van der Waals surface area contributed by atoms with Crippen LogP contribution in [0.25, 0.3) is 0 Å². The van der Waals surface area contributed by atoms with Crippen molar-refractivity contribution >= 4 is 23.2 Å². The van der Waals surface area contributed by atoms with E-state index < -0.39 is 0 Å². The van der Waals surface area contributed by atoms with E-state index in [-0.39, 0.29) is 24.8 Å². The maximum absolute atomic E-state index is 12.5. The van der Waals surface area contributed by atoms with Crippen molar-refractivity contribution in [2.24, 2.45) is 0 Å². The summed E-state index contributed by atoms with van der Waals surface area (Å²) in [5, 5.41) is 2.91. The third-order valence-corrected chi connectivity index (χ3v) is 5.53. The molecule has 0 atom stereocenters. The van der Waals surface area contributed by atoms with Gasteiger partial charge in [0, 0.05) is 12.2 Å². The number of amides is 2. The summed E-state index contributed by atoms with van der Waals surface area (Å²) in [7, 11) is 1.60. The Morgan fingerprint density at radius 2 is 1.76 bits per heavy atom. The van der Waals surface area contributed by atoms with Crippen molar-refractivity contribution < 1.29 is 23.8 Å². The maximum atomic E-state index is 12.5. The summed E-state index contributed by atoms with van der Waals surface area (Å²) in [6, 6.07) is 20.6. The first kappa shape index (κ1) is 23.2. The van der Waals surface area contributed by atoms with E-state index in [4.69, 9.17) is 14.2 Å². The van der Waals surface area contributed by atoms with Crippen LogP contribution in [0.3, 0.4) is 0 Å². The number of aryl methyl sites for hydroxylation is 1. The predicted molar refractivity (Wildman–Crippen MR) is 131 cm³/mol. The van der Waals surface area contributed by atoms with Gasteiger partial charge in [0.05, 0.1) is 25.8 Å². The fourth-order valence-electron chi connectivity index (χ4n) is 3.71. The minimum absolute atomic E-state index is 0.00497. The highest BCUT2D eigenvalue weighted by atomic mass is 16.5. The van der Waals surface area contributed by atoms with Gasteiger partial charge in [-0.15, -0.1) is 0 Å². The van der Waals surface area contributed by atoms with Crippen molar-refractivity contribution in [3.05, 3.63) is 77.9 Å². The topological polar surface area (TPSA) is 77.1 Å². The zero-order valence-corrected chi connectivity index (χ0v) is 19.4. The summed E-state index contributed by atoms with van der Waals surface area (Å²) < 4.78 is 16.5. The van der Waals surface area contributed by atoms with E-state index in [1.165, 1.54) is 5.56 Å². The van der Waals surface area contributed by atoms with Crippen molar-refractivity contribution in [2.45, 2.75) is 19.8 Å². The molecule has 3 aromatic carbocycles. The fourth-order valence-corrected chi connectivity index (χ4v) is 3.71. The van der Waals surface area contributed by atoms with E-state index >= 15 is 0 Å². The van der Waals surface area contributed by atoms with Crippen LogP contribution in [0.2, 0.25) is 0 Å². The number of nitrogens with zero attached hydrogens (tertiary/aromatic N) is 1. The zero-order valence-electron chi connectivity index (χ0n) is 19.4. The molecule has 0 fully saturated rings. The number of fused-ring (bicyclic) bond motifs is 1. The van der Waals surface area contributed by atoms with E-state index in [0.717, 1.165) is 17.1 Å². The Hall–Kier alpha value is -4.00. The first-order valence-corrected chi connectivity index (χ1v) is 11.2. The van der Waals surface area contributed by atoms with Crippen LogP contribution in [0.15, 0.2) is 66.7 Å². The highest BCUT2D eigenvalue weighted by Crippen LogP contribution is 2.34. The summed E-state index contributed by atoms with van der Waals surface area (Å²) in [5.41, 5.74) is 3.31. The molecular weight excluding hydrogens is 432 g/mol. The molecule has 3 aromatic rings. The molecule has 0 radical (unpaired) electrons. The Morgan fingerprint density at radius 1 is 1.03 bits per heavy atom. The van der Waals surface area contributed by atoms with E-state index in [0.29, 0.717) is 36.7 Å². The van der Waals surface area contributed by atoms with E-state index in [1.807, 2.05) is 55.5 Å². The number of rotatable bonds is 9. The highest BCUT2D eigenvalue weighted by Gasteiger charge is 2.25. The smallest absolute Gasteiger partial charge is 0.265 e. The molecule has 1 heterocycles. The van der Waals surface area contributed by atoms with Crippen LogP contribution in [0.4, 0.5) is 11.4 Å². The van der Waals surface area contributed by atoms with Gasteiger partial charge >= 0.3 is 0 Å². The van der Waals surface area contributed by atoms with Gasteiger partial charge in [-0.3, -0.25) is 9.59 Å². The van der Waals surface area contributed by atoms with Gasteiger partial charge in [0.1, 0.15) is 17.2 Å². The van der Waals surface area contributed by atoms with Crippen molar-refractivity contribution in [1.82, 2.24) is 0 Å². The van der Waals surface area contributed by atoms with Crippen LogP contribution in [0.5, 0.6) is 17.2 Å². The Balaban J connectivity index is 1.36. The molecule has 7 heteroatoms. The summed E-state index contributed by atoms with van der Waals surface area (Å²) in [5.74, 6) is 1.90. The Morgan fingerprint density at radius 3 is 2.50 bits per heavy atom. The fraction of sp³-hybridized carbons (Fsp3) is 0.259. The number of nitrogens with one attached hydrogen (secondary N) is 1. The molecule has 0 aromatic heterocycles. The lowest BCUT2D eigenvalue weighted by Crippen LogP contribution is -2.39. The van der Waals surface area contributed by atoms with Gasteiger partial charge in [0.15, 0.2) is 6.61 Å². The van der Waals surface area contributed by atoms with Gasteiger partial charge in [-0.2, -0.15) is 0 Å². The monoisotopic (exact) mass is 460 g/mol. The van der Waals surface area contributed by atoms with Gasteiger partial charge in [-0.25, -0.2) is 0 Å². The molecule has 0 aliphatic carbocycles. The Labute approximate surface area is 199 Å². The highest BCUT2D eigenvalue weighted by molar-refractivity contribution is 5.99. The summed E-state index contributed by atoms with van der Waals surface area (Å²) in [4.78, 5) is 26.8. The minimum atomic E-state index is -0.147. The number of anilines is 2. The molecule has 4 rings (SSSR count). The molecule has 2 amide bonds. The zero-order chi connectivity index (χ0) is 23.9. The Bertz CT molecular complexity index is 1140. The lowest BCUT2D eigenvalue weighted by Gasteiger charge is -2.30. The number of methoxy groups -OCH3 is 1. The molecule has 1 aliphatic rings. The number of ether oxygens (including phenoxy) is 3. The van der Waals surface area contributed by atoms with Gasteiger partial charge in [0.2, 0.25) is 5.91 Å². The number of carbonyl (C=O) groups is 2. The first-order valence-electron chi connectivity index (χ1n) is 11.2. The van der Waals surface area contributed by atoms with E-state index in [9.17, 15) is 9.59 Å². The second-order valence-corrected chi connectivity index (χ2v) is 8.10. The van der Waals surface area contributed by atoms with Gasteiger partial charge < -0.3 is 24.4 Å². The standard InChI is InChI=1S/C27H28N2O5/c1-19-4-9-23(10-5-19)33-15-3-14-29-24-17-21(8-13-25(24)34-18-27(29)31)28-26(30)16-20-6-11-22(32-2)12-7-20/h4-13,17H,3,14-16,18H2,1-2H3,(H,28,30). The third-order valence-electron chi connectivity index (χ3n) is 5.53. The number of hydrogen-bond donors (Lipinski definition) is 1. The summed E-state index contributed by atoms with van der Waals surface area (Å²) in [6.07, 6.45) is 0.893. The third kappa shape index (κ3) is 5.86. The molecule has 7 nitrogen and oxygen atoms in total.